The highest BCUT2D eigenvalue weighted by Crippen LogP contribution is 2.03. The molecule has 0 amide bonds. The minimum Gasteiger partial charge on any atom is -0.508 e. The van der Waals surface area contributed by atoms with Gasteiger partial charge in [0.1, 0.15) is 5.76 Å². The van der Waals surface area contributed by atoms with E-state index in [1.165, 1.54) is 0 Å². The Morgan fingerprint density at radius 3 is 2.09 bits per heavy atom. The molecular formula is C10H18O. The summed E-state index contributed by atoms with van der Waals surface area (Å²) in [6.45, 7) is 11.2. The van der Waals surface area contributed by atoms with E-state index in [-0.39, 0.29) is 5.76 Å². The SMILES string of the molecule is C=C/C=C(O)\C(C)=C/C.CC. The van der Waals surface area contributed by atoms with E-state index in [2.05, 4.69) is 6.58 Å². The predicted octanol–water partition coefficient (Wildman–Crippen LogP) is 3.61. The largest absolute Gasteiger partial charge is 0.508 e. The summed E-state index contributed by atoms with van der Waals surface area (Å²) in [5.41, 5.74) is 0.870. The molecule has 1 N–H and O–H groups in total. The maximum atomic E-state index is 9.04. The van der Waals surface area contributed by atoms with E-state index in [9.17, 15) is 0 Å². The van der Waals surface area contributed by atoms with Gasteiger partial charge in [0, 0.05) is 0 Å². The first-order valence-electron chi connectivity index (χ1n) is 3.87. The second-order valence-electron chi connectivity index (χ2n) is 1.76. The fourth-order valence-corrected chi connectivity index (χ4v) is 0.391. The van der Waals surface area contributed by atoms with Crippen LogP contribution in [0, 0.1) is 0 Å². The number of aliphatic hydroxyl groups excluding tert-OH is 1. The zero-order valence-corrected chi connectivity index (χ0v) is 7.89. The number of hydrogen-bond donors (Lipinski definition) is 1. The second-order valence-corrected chi connectivity index (χ2v) is 1.76. The Balaban J connectivity index is 0. The highest BCUT2D eigenvalue weighted by molar-refractivity contribution is 5.24. The molecule has 0 aromatic heterocycles. The first kappa shape index (κ1) is 12.7. The average Bonchev–Trinajstić information content (AvgIpc) is 2.07. The maximum Gasteiger partial charge on any atom is 0.118 e. The van der Waals surface area contributed by atoms with Crippen LogP contribution in [-0.4, -0.2) is 5.11 Å². The highest BCUT2D eigenvalue weighted by atomic mass is 16.3. The summed E-state index contributed by atoms with van der Waals surface area (Å²) in [4.78, 5) is 0. The van der Waals surface area contributed by atoms with E-state index in [1.54, 1.807) is 12.2 Å². The van der Waals surface area contributed by atoms with Gasteiger partial charge in [-0.3, -0.25) is 0 Å². The lowest BCUT2D eigenvalue weighted by Crippen LogP contribution is -1.79. The molecule has 0 spiro atoms. The van der Waals surface area contributed by atoms with E-state index < -0.39 is 0 Å². The van der Waals surface area contributed by atoms with E-state index in [0.717, 1.165) is 5.57 Å². The molecule has 0 heterocycles. The summed E-state index contributed by atoms with van der Waals surface area (Å²) in [5, 5.41) is 9.04. The summed E-state index contributed by atoms with van der Waals surface area (Å²) in [6, 6.07) is 0. The van der Waals surface area contributed by atoms with Crippen LogP contribution in [0.25, 0.3) is 0 Å². The van der Waals surface area contributed by atoms with Gasteiger partial charge < -0.3 is 5.11 Å². The van der Waals surface area contributed by atoms with Gasteiger partial charge >= 0.3 is 0 Å². The molecule has 0 atom stereocenters. The molecule has 0 unspecified atom stereocenters. The van der Waals surface area contributed by atoms with Crippen molar-refractivity contribution < 1.29 is 5.11 Å². The van der Waals surface area contributed by atoms with Gasteiger partial charge in [0.15, 0.2) is 0 Å². The maximum absolute atomic E-state index is 9.04. The van der Waals surface area contributed by atoms with Crippen LogP contribution in [0.15, 0.2) is 36.1 Å². The van der Waals surface area contributed by atoms with Crippen LogP contribution in [0.1, 0.15) is 27.7 Å². The Bertz CT molecular complexity index is 152. The van der Waals surface area contributed by atoms with Crippen LogP contribution in [0.5, 0.6) is 0 Å². The van der Waals surface area contributed by atoms with Crippen LogP contribution in [-0.2, 0) is 0 Å². The Labute approximate surface area is 69.8 Å². The molecule has 0 aliphatic heterocycles. The van der Waals surface area contributed by atoms with Crippen molar-refractivity contribution in [3.05, 3.63) is 36.1 Å². The number of rotatable bonds is 2. The lowest BCUT2D eigenvalue weighted by Gasteiger charge is -1.94. The summed E-state index contributed by atoms with van der Waals surface area (Å²) < 4.78 is 0. The van der Waals surface area contributed by atoms with Gasteiger partial charge in [0.25, 0.3) is 0 Å². The Hall–Kier alpha value is -0.980. The zero-order chi connectivity index (χ0) is 9.28. The summed E-state index contributed by atoms with van der Waals surface area (Å²) in [6.07, 6.45) is 4.97. The normalized spacial score (nSPS) is 11.6. The number of aliphatic hydroxyl groups is 1. The summed E-state index contributed by atoms with van der Waals surface area (Å²) >= 11 is 0. The molecule has 0 bridgehead atoms. The molecule has 0 fully saturated rings. The molecule has 64 valence electrons. The van der Waals surface area contributed by atoms with Crippen LogP contribution in [0.3, 0.4) is 0 Å². The molecule has 0 saturated carbocycles. The molecular weight excluding hydrogens is 136 g/mol. The lowest BCUT2D eigenvalue weighted by molar-refractivity contribution is 0.423. The molecule has 0 saturated heterocycles. The van der Waals surface area contributed by atoms with E-state index in [4.69, 9.17) is 5.11 Å². The van der Waals surface area contributed by atoms with Crippen molar-refractivity contribution in [1.29, 1.82) is 0 Å². The Morgan fingerprint density at radius 2 is 1.82 bits per heavy atom. The van der Waals surface area contributed by atoms with Crippen molar-refractivity contribution >= 4 is 0 Å². The zero-order valence-electron chi connectivity index (χ0n) is 7.89. The average molecular weight is 154 g/mol. The molecule has 0 rings (SSSR count). The van der Waals surface area contributed by atoms with Gasteiger partial charge in [-0.25, -0.2) is 0 Å². The summed E-state index contributed by atoms with van der Waals surface area (Å²) in [5.74, 6) is 0.285. The third-order valence-corrected chi connectivity index (χ3v) is 1.11. The third-order valence-electron chi connectivity index (χ3n) is 1.11. The van der Waals surface area contributed by atoms with Crippen molar-refractivity contribution in [2.45, 2.75) is 27.7 Å². The lowest BCUT2D eigenvalue weighted by atomic mass is 10.2. The quantitative estimate of drug-likeness (QED) is 0.476. The van der Waals surface area contributed by atoms with Gasteiger partial charge in [-0.2, -0.15) is 0 Å². The van der Waals surface area contributed by atoms with Gasteiger partial charge in [0.2, 0.25) is 0 Å². The van der Waals surface area contributed by atoms with Crippen LogP contribution in [0.4, 0.5) is 0 Å². The molecule has 11 heavy (non-hydrogen) atoms. The van der Waals surface area contributed by atoms with Crippen molar-refractivity contribution in [2.24, 2.45) is 0 Å². The van der Waals surface area contributed by atoms with Crippen LogP contribution >= 0.6 is 0 Å². The topological polar surface area (TPSA) is 20.2 Å². The predicted molar refractivity (Wildman–Crippen MR) is 51.7 cm³/mol. The Morgan fingerprint density at radius 1 is 1.36 bits per heavy atom. The van der Waals surface area contributed by atoms with Gasteiger partial charge in [-0.1, -0.05) is 32.6 Å². The number of hydrogen-bond acceptors (Lipinski definition) is 1. The molecule has 0 radical (unpaired) electrons. The van der Waals surface area contributed by atoms with E-state index in [0.29, 0.717) is 0 Å². The van der Waals surface area contributed by atoms with Gasteiger partial charge in [-0.05, 0) is 25.5 Å². The molecule has 0 aliphatic rings. The van der Waals surface area contributed by atoms with Crippen molar-refractivity contribution in [1.82, 2.24) is 0 Å². The first-order chi connectivity index (χ1) is 5.22. The van der Waals surface area contributed by atoms with Gasteiger partial charge in [0.05, 0.1) is 0 Å². The second kappa shape index (κ2) is 9.02. The molecule has 0 aliphatic carbocycles. The molecule has 0 aromatic carbocycles. The number of allylic oxidation sites excluding steroid dienone is 4. The van der Waals surface area contributed by atoms with Crippen molar-refractivity contribution in [2.75, 3.05) is 0 Å². The van der Waals surface area contributed by atoms with Gasteiger partial charge in [-0.15, -0.1) is 0 Å². The standard InChI is InChI=1S/C8H12O.C2H6/c1-4-6-8(9)7(3)5-2;1-2/h4-6,9H,1H2,2-3H3;1-2H3/b7-5-,8-6+;. The fraction of sp³-hybridized carbons (Fsp3) is 0.400. The minimum absolute atomic E-state index is 0.285. The molecule has 1 nitrogen and oxygen atoms in total. The van der Waals surface area contributed by atoms with Crippen LogP contribution < -0.4 is 0 Å². The van der Waals surface area contributed by atoms with Crippen molar-refractivity contribution in [3.63, 3.8) is 0 Å². The van der Waals surface area contributed by atoms with E-state index >= 15 is 0 Å². The molecule has 1 heteroatoms. The summed E-state index contributed by atoms with van der Waals surface area (Å²) in [7, 11) is 0. The third kappa shape index (κ3) is 6.91. The minimum atomic E-state index is 0.285. The smallest absolute Gasteiger partial charge is 0.118 e. The van der Waals surface area contributed by atoms with E-state index in [1.807, 2.05) is 33.8 Å². The molecule has 0 aromatic rings. The Kier molecular flexibility index (Phi) is 10.4. The fourth-order valence-electron chi connectivity index (χ4n) is 0.391. The van der Waals surface area contributed by atoms with Crippen molar-refractivity contribution in [3.8, 4) is 0 Å². The first-order valence-corrected chi connectivity index (χ1v) is 3.87. The van der Waals surface area contributed by atoms with Crippen LogP contribution in [0.2, 0.25) is 0 Å². The monoisotopic (exact) mass is 154 g/mol. The highest BCUT2D eigenvalue weighted by Gasteiger charge is 1.89.